The molecule has 0 aliphatic rings. The Hall–Kier alpha value is -1.44. The van der Waals surface area contributed by atoms with Crippen molar-refractivity contribution >= 4 is 0 Å². The molecule has 0 aliphatic heterocycles. The molecule has 1 N–H and O–H groups in total. The standard InChI is InChI=1S/C7H11N.C5H6O/c1-6(2)7-4-3-5-8-7;1-5-2-3-6-4-5/h3-6,8H,1-2H3;2-4H,1H3. The monoisotopic (exact) mass is 191 g/mol. The van der Waals surface area contributed by atoms with Crippen LogP contribution in [0.1, 0.15) is 31.0 Å². The van der Waals surface area contributed by atoms with E-state index in [4.69, 9.17) is 4.42 Å². The second kappa shape index (κ2) is 5.32. The fraction of sp³-hybridized carbons (Fsp3) is 0.333. The van der Waals surface area contributed by atoms with Crippen molar-refractivity contribution in [2.24, 2.45) is 0 Å². The van der Waals surface area contributed by atoms with Gasteiger partial charge in [0.05, 0.1) is 12.5 Å². The highest BCUT2D eigenvalue weighted by molar-refractivity contribution is 5.07. The number of hydrogen-bond donors (Lipinski definition) is 1. The highest BCUT2D eigenvalue weighted by atomic mass is 16.3. The number of aromatic nitrogens is 1. The van der Waals surface area contributed by atoms with Crippen LogP contribution in [0.4, 0.5) is 0 Å². The molecule has 2 aromatic heterocycles. The molecule has 0 unspecified atom stereocenters. The molecule has 0 amide bonds. The topological polar surface area (TPSA) is 28.9 Å². The normalized spacial score (nSPS) is 9.71. The first kappa shape index (κ1) is 10.6. The van der Waals surface area contributed by atoms with Crippen LogP contribution in [0, 0.1) is 6.92 Å². The average molecular weight is 191 g/mol. The Balaban J connectivity index is 0.000000146. The zero-order valence-corrected chi connectivity index (χ0v) is 8.95. The Kier molecular flexibility index (Phi) is 4.05. The third-order valence-electron chi connectivity index (χ3n) is 1.91. The molecule has 76 valence electrons. The summed E-state index contributed by atoms with van der Waals surface area (Å²) in [5, 5.41) is 0. The first-order valence-corrected chi connectivity index (χ1v) is 4.82. The molecule has 2 rings (SSSR count). The van der Waals surface area contributed by atoms with Gasteiger partial charge in [-0.1, -0.05) is 13.8 Å². The number of nitrogens with one attached hydrogen (secondary N) is 1. The molecule has 2 heterocycles. The Bertz CT molecular complexity index is 319. The van der Waals surface area contributed by atoms with Gasteiger partial charge in [0.15, 0.2) is 0 Å². The fourth-order valence-electron chi connectivity index (χ4n) is 1.04. The van der Waals surface area contributed by atoms with Crippen LogP contribution in [-0.4, -0.2) is 4.98 Å². The van der Waals surface area contributed by atoms with Crippen molar-refractivity contribution in [3.05, 3.63) is 48.2 Å². The third kappa shape index (κ3) is 3.52. The third-order valence-corrected chi connectivity index (χ3v) is 1.91. The van der Waals surface area contributed by atoms with Gasteiger partial charge in [0.25, 0.3) is 0 Å². The van der Waals surface area contributed by atoms with E-state index in [9.17, 15) is 0 Å². The SMILES string of the molecule is CC(C)c1ccc[nH]1.Cc1ccoc1. The van der Waals surface area contributed by atoms with E-state index in [-0.39, 0.29) is 0 Å². The molecule has 0 bridgehead atoms. The zero-order valence-electron chi connectivity index (χ0n) is 8.95. The van der Waals surface area contributed by atoms with Crippen LogP contribution in [0.15, 0.2) is 41.3 Å². The average Bonchev–Trinajstić information content (AvgIpc) is 2.75. The predicted molar refractivity (Wildman–Crippen MR) is 58.3 cm³/mol. The van der Waals surface area contributed by atoms with Crippen LogP contribution < -0.4 is 0 Å². The maximum Gasteiger partial charge on any atom is 0.0931 e. The minimum atomic E-state index is 0.630. The van der Waals surface area contributed by atoms with Crippen molar-refractivity contribution in [1.82, 2.24) is 4.98 Å². The number of aryl methyl sites for hydroxylation is 1. The van der Waals surface area contributed by atoms with Crippen molar-refractivity contribution < 1.29 is 4.42 Å². The zero-order chi connectivity index (χ0) is 10.4. The van der Waals surface area contributed by atoms with Gasteiger partial charge in [-0.2, -0.15) is 0 Å². The largest absolute Gasteiger partial charge is 0.472 e. The molecule has 2 aromatic rings. The van der Waals surface area contributed by atoms with Crippen molar-refractivity contribution in [2.75, 3.05) is 0 Å². The predicted octanol–water partition coefficient (Wildman–Crippen LogP) is 3.73. The quantitative estimate of drug-likeness (QED) is 0.731. The van der Waals surface area contributed by atoms with E-state index in [1.807, 2.05) is 25.3 Å². The van der Waals surface area contributed by atoms with Gasteiger partial charge in [0, 0.05) is 11.9 Å². The Labute approximate surface area is 85.0 Å². The molecule has 0 saturated heterocycles. The lowest BCUT2D eigenvalue weighted by Gasteiger charge is -1.97. The fourth-order valence-corrected chi connectivity index (χ4v) is 1.04. The Morgan fingerprint density at radius 3 is 2.29 bits per heavy atom. The molecule has 0 radical (unpaired) electrons. The minimum absolute atomic E-state index is 0.630. The Morgan fingerprint density at radius 1 is 1.29 bits per heavy atom. The maximum atomic E-state index is 4.71. The van der Waals surface area contributed by atoms with Gasteiger partial charge in [-0.3, -0.25) is 0 Å². The summed E-state index contributed by atoms with van der Waals surface area (Å²) in [6.07, 6.45) is 5.32. The van der Waals surface area contributed by atoms with Gasteiger partial charge in [-0.05, 0) is 36.6 Å². The number of H-pyrrole nitrogens is 1. The second-order valence-corrected chi connectivity index (χ2v) is 3.58. The first-order chi connectivity index (χ1) is 6.70. The van der Waals surface area contributed by atoms with E-state index in [1.165, 1.54) is 11.3 Å². The molecule has 0 spiro atoms. The molecule has 0 atom stereocenters. The van der Waals surface area contributed by atoms with Crippen LogP contribution in [0.25, 0.3) is 0 Å². The smallest absolute Gasteiger partial charge is 0.0931 e. The van der Waals surface area contributed by atoms with Crippen LogP contribution in [0.2, 0.25) is 0 Å². The van der Waals surface area contributed by atoms with E-state index in [0.717, 1.165) is 0 Å². The van der Waals surface area contributed by atoms with Gasteiger partial charge < -0.3 is 9.40 Å². The van der Waals surface area contributed by atoms with E-state index in [2.05, 4.69) is 24.9 Å². The number of rotatable bonds is 1. The van der Waals surface area contributed by atoms with Gasteiger partial charge >= 0.3 is 0 Å². The van der Waals surface area contributed by atoms with Crippen molar-refractivity contribution in [2.45, 2.75) is 26.7 Å². The number of furan rings is 1. The summed E-state index contributed by atoms with van der Waals surface area (Å²) in [5.41, 5.74) is 2.49. The van der Waals surface area contributed by atoms with Crippen molar-refractivity contribution in [3.63, 3.8) is 0 Å². The first-order valence-electron chi connectivity index (χ1n) is 4.82. The van der Waals surface area contributed by atoms with Gasteiger partial charge in [-0.25, -0.2) is 0 Å². The summed E-state index contributed by atoms with van der Waals surface area (Å²) in [6, 6.07) is 6.04. The van der Waals surface area contributed by atoms with Crippen LogP contribution >= 0.6 is 0 Å². The lowest BCUT2D eigenvalue weighted by Crippen LogP contribution is -1.83. The highest BCUT2D eigenvalue weighted by Gasteiger charge is 1.94. The summed E-state index contributed by atoms with van der Waals surface area (Å²) >= 11 is 0. The summed E-state index contributed by atoms with van der Waals surface area (Å²) in [5.74, 6) is 0.630. The minimum Gasteiger partial charge on any atom is -0.472 e. The second-order valence-electron chi connectivity index (χ2n) is 3.58. The van der Waals surface area contributed by atoms with Gasteiger partial charge in [-0.15, -0.1) is 0 Å². The molecule has 14 heavy (non-hydrogen) atoms. The molecular formula is C12H17NO. The van der Waals surface area contributed by atoms with E-state index < -0.39 is 0 Å². The molecule has 2 nitrogen and oxygen atoms in total. The summed E-state index contributed by atoms with van der Waals surface area (Å²) in [6.45, 7) is 6.33. The molecule has 0 aromatic carbocycles. The summed E-state index contributed by atoms with van der Waals surface area (Å²) < 4.78 is 4.71. The van der Waals surface area contributed by atoms with E-state index in [0.29, 0.717) is 5.92 Å². The van der Waals surface area contributed by atoms with Crippen molar-refractivity contribution in [1.29, 1.82) is 0 Å². The lowest BCUT2D eigenvalue weighted by molar-refractivity contribution is 0.565. The molecule has 0 aliphatic carbocycles. The Morgan fingerprint density at radius 2 is 2.07 bits per heavy atom. The highest BCUT2D eigenvalue weighted by Crippen LogP contribution is 2.09. The number of aromatic amines is 1. The van der Waals surface area contributed by atoms with E-state index in [1.54, 1.807) is 12.5 Å². The van der Waals surface area contributed by atoms with Crippen LogP contribution in [0.3, 0.4) is 0 Å². The van der Waals surface area contributed by atoms with Crippen LogP contribution in [-0.2, 0) is 0 Å². The van der Waals surface area contributed by atoms with Crippen LogP contribution in [0.5, 0.6) is 0 Å². The molecule has 0 fully saturated rings. The summed E-state index contributed by atoms with van der Waals surface area (Å²) in [7, 11) is 0. The summed E-state index contributed by atoms with van der Waals surface area (Å²) in [4.78, 5) is 3.14. The molecule has 0 saturated carbocycles. The lowest BCUT2D eigenvalue weighted by atomic mass is 10.1. The van der Waals surface area contributed by atoms with Gasteiger partial charge in [0.2, 0.25) is 0 Å². The van der Waals surface area contributed by atoms with Crippen molar-refractivity contribution in [3.8, 4) is 0 Å². The number of hydrogen-bond acceptors (Lipinski definition) is 1. The molecular weight excluding hydrogens is 174 g/mol. The van der Waals surface area contributed by atoms with E-state index >= 15 is 0 Å². The van der Waals surface area contributed by atoms with Gasteiger partial charge in [0.1, 0.15) is 0 Å². The maximum absolute atomic E-state index is 4.71. The molecule has 2 heteroatoms.